The van der Waals surface area contributed by atoms with Gasteiger partial charge in [0.1, 0.15) is 11.6 Å². The molecule has 6 heteroatoms. The van der Waals surface area contributed by atoms with Crippen LogP contribution in [0.25, 0.3) is 16.8 Å². The highest BCUT2D eigenvalue weighted by atomic mass is 35.5. The molecule has 0 bridgehead atoms. The molecule has 0 radical (unpaired) electrons. The zero-order valence-corrected chi connectivity index (χ0v) is 17.0. The average Bonchev–Trinajstić information content (AvgIpc) is 2.69. The van der Waals surface area contributed by atoms with E-state index in [1.165, 1.54) is 13.2 Å². The Labute approximate surface area is 176 Å². The number of aliphatic imine (C=N–C) groups is 1. The maximum Gasteiger partial charge on any atom is 0.134 e. The standard InChI is InChI=1S/C22H19FN2O.2ClH/c1-26-18-9-8-15(21(23)12-18)11-16-6-4-10-25-22(16)20-14-24-13-17-5-2-3-7-19(17)20;;/h2-3,5,7-9,11-14H,4,6,10H2,1H3;2*1H. The minimum atomic E-state index is -0.294. The summed E-state index contributed by atoms with van der Waals surface area (Å²) >= 11 is 0. The molecule has 2 heterocycles. The molecule has 0 fully saturated rings. The molecular weight excluding hydrogens is 398 g/mol. The molecule has 1 aromatic heterocycles. The number of benzene rings is 2. The van der Waals surface area contributed by atoms with Gasteiger partial charge in [0.2, 0.25) is 0 Å². The Balaban J connectivity index is 0.00000140. The lowest BCUT2D eigenvalue weighted by atomic mass is 9.92. The molecule has 0 spiro atoms. The molecule has 0 aliphatic carbocycles. The lowest BCUT2D eigenvalue weighted by Crippen LogP contribution is -2.12. The molecule has 1 aliphatic rings. The molecule has 2 aromatic carbocycles. The summed E-state index contributed by atoms with van der Waals surface area (Å²) in [5.74, 6) is 0.221. The van der Waals surface area contributed by atoms with E-state index in [0.717, 1.165) is 47.0 Å². The summed E-state index contributed by atoms with van der Waals surface area (Å²) in [5, 5.41) is 2.19. The molecule has 0 atom stereocenters. The Morgan fingerprint density at radius 2 is 1.89 bits per heavy atom. The van der Waals surface area contributed by atoms with E-state index in [0.29, 0.717) is 11.3 Å². The van der Waals surface area contributed by atoms with Gasteiger partial charge in [-0.1, -0.05) is 24.3 Å². The molecule has 146 valence electrons. The van der Waals surface area contributed by atoms with Crippen LogP contribution in [0.2, 0.25) is 0 Å². The number of fused-ring (bicyclic) bond motifs is 1. The third kappa shape index (κ3) is 4.34. The first-order valence-corrected chi connectivity index (χ1v) is 8.68. The average molecular weight is 419 g/mol. The second-order valence-electron chi connectivity index (χ2n) is 6.30. The topological polar surface area (TPSA) is 34.5 Å². The highest BCUT2D eigenvalue weighted by Gasteiger charge is 2.17. The monoisotopic (exact) mass is 418 g/mol. The van der Waals surface area contributed by atoms with Crippen LogP contribution in [0.15, 0.2) is 65.4 Å². The number of hydrogen-bond donors (Lipinski definition) is 0. The summed E-state index contributed by atoms with van der Waals surface area (Å²) < 4.78 is 19.5. The van der Waals surface area contributed by atoms with Crippen LogP contribution in [0.4, 0.5) is 4.39 Å². The van der Waals surface area contributed by atoms with Crippen molar-refractivity contribution >= 4 is 47.4 Å². The van der Waals surface area contributed by atoms with Crippen LogP contribution >= 0.6 is 24.8 Å². The number of ether oxygens (including phenoxy) is 1. The van der Waals surface area contributed by atoms with Crippen molar-refractivity contribution in [2.45, 2.75) is 12.8 Å². The molecule has 3 nitrogen and oxygen atoms in total. The molecule has 0 unspecified atom stereocenters. The third-order valence-electron chi connectivity index (χ3n) is 4.64. The van der Waals surface area contributed by atoms with Gasteiger partial charge in [0.05, 0.1) is 12.8 Å². The number of methoxy groups -OCH3 is 1. The third-order valence-corrected chi connectivity index (χ3v) is 4.64. The van der Waals surface area contributed by atoms with E-state index < -0.39 is 0 Å². The first-order valence-electron chi connectivity index (χ1n) is 8.68. The lowest BCUT2D eigenvalue weighted by Gasteiger charge is -2.18. The van der Waals surface area contributed by atoms with Crippen LogP contribution in [-0.4, -0.2) is 24.4 Å². The fourth-order valence-corrected chi connectivity index (χ4v) is 3.32. The van der Waals surface area contributed by atoms with Crippen molar-refractivity contribution in [3.05, 3.63) is 77.4 Å². The van der Waals surface area contributed by atoms with Gasteiger partial charge in [-0.05, 0) is 42.0 Å². The SMILES string of the molecule is COc1ccc(C=C2CCCN=C2c2cncc3ccccc23)c(F)c1.Cl.Cl. The minimum absolute atomic E-state index is 0. The summed E-state index contributed by atoms with van der Waals surface area (Å²) in [5.41, 5.74) is 3.50. The van der Waals surface area contributed by atoms with Gasteiger partial charge in [0, 0.05) is 41.5 Å². The van der Waals surface area contributed by atoms with Crippen LogP contribution in [0.1, 0.15) is 24.0 Å². The number of allylic oxidation sites excluding steroid dienone is 1. The smallest absolute Gasteiger partial charge is 0.134 e. The van der Waals surface area contributed by atoms with Gasteiger partial charge >= 0.3 is 0 Å². The largest absolute Gasteiger partial charge is 0.497 e. The lowest BCUT2D eigenvalue weighted by molar-refractivity contribution is 0.411. The Kier molecular flexibility index (Phi) is 7.55. The van der Waals surface area contributed by atoms with Crippen LogP contribution in [0, 0.1) is 5.82 Å². The van der Waals surface area contributed by atoms with E-state index in [2.05, 4.69) is 11.1 Å². The van der Waals surface area contributed by atoms with Gasteiger partial charge in [-0.2, -0.15) is 0 Å². The normalized spacial score (nSPS) is 14.8. The van der Waals surface area contributed by atoms with Crippen LogP contribution in [0.3, 0.4) is 0 Å². The number of hydrogen-bond acceptors (Lipinski definition) is 3. The fraction of sp³-hybridized carbons (Fsp3) is 0.182. The first-order chi connectivity index (χ1) is 12.8. The number of pyridine rings is 1. The van der Waals surface area contributed by atoms with Crippen LogP contribution in [-0.2, 0) is 0 Å². The van der Waals surface area contributed by atoms with E-state index in [1.807, 2.05) is 36.7 Å². The fourth-order valence-electron chi connectivity index (χ4n) is 3.32. The van der Waals surface area contributed by atoms with Crippen LogP contribution < -0.4 is 4.74 Å². The molecule has 3 aromatic rings. The maximum absolute atomic E-state index is 14.4. The summed E-state index contributed by atoms with van der Waals surface area (Å²) in [6, 6.07) is 13.1. The number of nitrogens with zero attached hydrogens (tertiary/aromatic N) is 2. The number of halogens is 3. The number of aromatic nitrogens is 1. The molecule has 28 heavy (non-hydrogen) atoms. The van der Waals surface area contributed by atoms with Gasteiger partial charge in [-0.3, -0.25) is 9.98 Å². The highest BCUT2D eigenvalue weighted by Crippen LogP contribution is 2.27. The second kappa shape index (κ2) is 9.67. The zero-order valence-electron chi connectivity index (χ0n) is 15.4. The van der Waals surface area contributed by atoms with Crippen molar-refractivity contribution in [2.24, 2.45) is 4.99 Å². The summed E-state index contributed by atoms with van der Waals surface area (Å²) in [6.07, 6.45) is 7.44. The van der Waals surface area contributed by atoms with Crippen molar-refractivity contribution in [1.82, 2.24) is 4.98 Å². The Morgan fingerprint density at radius 1 is 1.07 bits per heavy atom. The van der Waals surface area contributed by atoms with Gasteiger partial charge in [-0.15, -0.1) is 24.8 Å². The Morgan fingerprint density at radius 3 is 2.68 bits per heavy atom. The quantitative estimate of drug-likeness (QED) is 0.530. The van der Waals surface area contributed by atoms with Gasteiger partial charge in [0.25, 0.3) is 0 Å². The van der Waals surface area contributed by atoms with E-state index in [1.54, 1.807) is 12.1 Å². The predicted molar refractivity (Wildman–Crippen MR) is 118 cm³/mol. The maximum atomic E-state index is 14.4. The molecule has 0 amide bonds. The van der Waals surface area contributed by atoms with E-state index in [9.17, 15) is 4.39 Å². The summed E-state index contributed by atoms with van der Waals surface area (Å²) in [7, 11) is 1.53. The van der Waals surface area contributed by atoms with Gasteiger partial charge in [0.15, 0.2) is 0 Å². The Bertz CT molecular complexity index is 1030. The van der Waals surface area contributed by atoms with E-state index in [4.69, 9.17) is 9.73 Å². The van der Waals surface area contributed by atoms with Crippen molar-refractivity contribution in [2.75, 3.05) is 13.7 Å². The van der Waals surface area contributed by atoms with E-state index in [-0.39, 0.29) is 30.6 Å². The van der Waals surface area contributed by atoms with Gasteiger partial charge in [-0.25, -0.2) is 4.39 Å². The zero-order chi connectivity index (χ0) is 17.9. The van der Waals surface area contributed by atoms with Crippen molar-refractivity contribution < 1.29 is 9.13 Å². The summed E-state index contributed by atoms with van der Waals surface area (Å²) in [4.78, 5) is 9.12. The van der Waals surface area contributed by atoms with Gasteiger partial charge < -0.3 is 4.74 Å². The minimum Gasteiger partial charge on any atom is -0.497 e. The molecular formula is C22H21Cl2FN2O. The number of rotatable bonds is 3. The molecule has 0 N–H and O–H groups in total. The second-order valence-corrected chi connectivity index (χ2v) is 6.30. The van der Waals surface area contributed by atoms with E-state index >= 15 is 0 Å². The predicted octanol–water partition coefficient (Wildman–Crippen LogP) is 5.89. The van der Waals surface area contributed by atoms with Crippen molar-refractivity contribution in [1.29, 1.82) is 0 Å². The molecule has 1 aliphatic heterocycles. The molecule has 0 saturated heterocycles. The first kappa shape index (κ1) is 21.9. The van der Waals surface area contributed by atoms with Crippen molar-refractivity contribution in [3.8, 4) is 5.75 Å². The Hall–Kier alpha value is -2.43. The highest BCUT2D eigenvalue weighted by molar-refractivity contribution is 6.20. The summed E-state index contributed by atoms with van der Waals surface area (Å²) in [6.45, 7) is 0.779. The molecule has 0 saturated carbocycles. The van der Waals surface area contributed by atoms with Crippen molar-refractivity contribution in [3.63, 3.8) is 0 Å². The molecule has 4 rings (SSSR count). The van der Waals surface area contributed by atoms with Crippen LogP contribution in [0.5, 0.6) is 5.75 Å².